The lowest BCUT2D eigenvalue weighted by atomic mass is 10.1. The molecule has 0 unspecified atom stereocenters. The molecule has 0 aliphatic heterocycles. The molecule has 2 nitrogen and oxygen atoms in total. The first-order chi connectivity index (χ1) is 8.20. The Morgan fingerprint density at radius 2 is 2.29 bits per heavy atom. The van der Waals surface area contributed by atoms with Crippen molar-refractivity contribution in [3.8, 4) is 0 Å². The van der Waals surface area contributed by atoms with Gasteiger partial charge in [-0.25, -0.2) is 4.39 Å². The van der Waals surface area contributed by atoms with E-state index in [9.17, 15) is 4.39 Å². The van der Waals surface area contributed by atoms with Crippen molar-refractivity contribution in [3.05, 3.63) is 41.7 Å². The molecule has 0 spiro atoms. The van der Waals surface area contributed by atoms with E-state index in [0.29, 0.717) is 24.0 Å². The topological polar surface area (TPSA) is 21.3 Å². The molecule has 1 aromatic rings. The van der Waals surface area contributed by atoms with Crippen LogP contribution in [0.4, 0.5) is 4.39 Å². The summed E-state index contributed by atoms with van der Waals surface area (Å²) in [6.07, 6.45) is 2.50. The van der Waals surface area contributed by atoms with Crippen LogP contribution in [0.3, 0.4) is 0 Å². The first-order valence-electron chi connectivity index (χ1n) is 6.04. The van der Waals surface area contributed by atoms with Gasteiger partial charge in [-0.3, -0.25) is 0 Å². The number of ether oxygens (including phenoxy) is 1. The number of halogens is 1. The number of hydrogen-bond acceptors (Lipinski definition) is 2. The molecule has 1 aliphatic carbocycles. The largest absolute Gasteiger partial charge is 0.494 e. The molecule has 3 heteroatoms. The van der Waals surface area contributed by atoms with Gasteiger partial charge in [-0.2, -0.15) is 0 Å². The molecule has 1 N–H and O–H groups in total. The zero-order chi connectivity index (χ0) is 12.3. The molecule has 1 saturated carbocycles. The van der Waals surface area contributed by atoms with Crippen LogP contribution in [0.5, 0.6) is 0 Å². The first kappa shape index (κ1) is 12.1. The molecule has 0 heterocycles. The maximum absolute atomic E-state index is 13.6. The summed E-state index contributed by atoms with van der Waals surface area (Å²) in [5.74, 6) is 0.122. The molecule has 1 fully saturated rings. The summed E-state index contributed by atoms with van der Waals surface area (Å²) in [6, 6.07) is 5.73. The Hall–Kier alpha value is -1.35. The zero-order valence-electron chi connectivity index (χ0n) is 10.1. The van der Waals surface area contributed by atoms with Gasteiger partial charge in [0.25, 0.3) is 0 Å². The van der Waals surface area contributed by atoms with E-state index in [1.807, 2.05) is 13.0 Å². The van der Waals surface area contributed by atoms with Crippen LogP contribution < -0.4 is 5.32 Å². The molecule has 1 aliphatic rings. The molecule has 0 bridgehead atoms. The van der Waals surface area contributed by atoms with Gasteiger partial charge in [0.15, 0.2) is 0 Å². The predicted molar refractivity (Wildman–Crippen MR) is 66.9 cm³/mol. The standard InChI is InChI=1S/C14H18FNO/c1-3-17-10(2)13-8-11(4-7-14(13)15)9-16-12-5-6-12/h4,7-8,12,16H,2-3,5-6,9H2,1H3. The second kappa shape index (κ2) is 5.32. The van der Waals surface area contributed by atoms with Crippen LogP contribution in [-0.4, -0.2) is 12.6 Å². The molecule has 0 saturated heterocycles. The number of nitrogens with one attached hydrogen (secondary N) is 1. The molecular formula is C14H18FNO. The summed E-state index contributed by atoms with van der Waals surface area (Å²) < 4.78 is 18.8. The molecule has 0 radical (unpaired) electrons. The van der Waals surface area contributed by atoms with Crippen molar-refractivity contribution < 1.29 is 9.13 Å². The van der Waals surface area contributed by atoms with Crippen LogP contribution in [0, 0.1) is 5.82 Å². The Kier molecular flexibility index (Phi) is 3.79. The summed E-state index contributed by atoms with van der Waals surface area (Å²) in [5, 5.41) is 3.40. The van der Waals surface area contributed by atoms with Gasteiger partial charge in [0, 0.05) is 12.6 Å². The van der Waals surface area contributed by atoms with Crippen molar-refractivity contribution in [2.24, 2.45) is 0 Å². The van der Waals surface area contributed by atoms with Crippen molar-refractivity contribution >= 4 is 5.76 Å². The summed E-state index contributed by atoms with van der Waals surface area (Å²) in [6.45, 7) is 6.88. The van der Waals surface area contributed by atoms with Gasteiger partial charge in [0.1, 0.15) is 11.6 Å². The minimum atomic E-state index is -0.279. The van der Waals surface area contributed by atoms with E-state index < -0.39 is 0 Å². The summed E-state index contributed by atoms with van der Waals surface area (Å²) in [4.78, 5) is 0. The Bertz CT molecular complexity index is 413. The number of rotatable bonds is 6. The molecule has 1 aromatic carbocycles. The van der Waals surface area contributed by atoms with Gasteiger partial charge < -0.3 is 10.1 Å². The average molecular weight is 235 g/mol. The quantitative estimate of drug-likeness (QED) is 0.765. The molecule has 92 valence electrons. The normalized spacial score (nSPS) is 14.7. The minimum Gasteiger partial charge on any atom is -0.494 e. The van der Waals surface area contributed by atoms with E-state index >= 15 is 0 Å². The fraction of sp³-hybridized carbons (Fsp3) is 0.429. The highest BCUT2D eigenvalue weighted by molar-refractivity contribution is 5.58. The van der Waals surface area contributed by atoms with Crippen LogP contribution in [0.2, 0.25) is 0 Å². The van der Waals surface area contributed by atoms with Gasteiger partial charge in [-0.1, -0.05) is 12.6 Å². The molecule has 0 amide bonds. The zero-order valence-corrected chi connectivity index (χ0v) is 10.1. The number of benzene rings is 1. The van der Waals surface area contributed by atoms with Crippen molar-refractivity contribution in [1.29, 1.82) is 0 Å². The van der Waals surface area contributed by atoms with Gasteiger partial charge in [-0.15, -0.1) is 0 Å². The predicted octanol–water partition coefficient (Wildman–Crippen LogP) is 3.08. The number of hydrogen-bond donors (Lipinski definition) is 1. The Morgan fingerprint density at radius 1 is 1.53 bits per heavy atom. The lowest BCUT2D eigenvalue weighted by Crippen LogP contribution is -2.15. The monoisotopic (exact) mass is 235 g/mol. The minimum absolute atomic E-state index is 0.279. The van der Waals surface area contributed by atoms with E-state index in [1.54, 1.807) is 6.07 Å². The van der Waals surface area contributed by atoms with Crippen molar-refractivity contribution in [2.45, 2.75) is 32.4 Å². The summed E-state index contributed by atoms with van der Waals surface area (Å²) >= 11 is 0. The van der Waals surface area contributed by atoms with Crippen LogP contribution in [0.15, 0.2) is 24.8 Å². The van der Waals surface area contributed by atoms with Crippen LogP contribution >= 0.6 is 0 Å². The highest BCUT2D eigenvalue weighted by Crippen LogP contribution is 2.22. The highest BCUT2D eigenvalue weighted by Gasteiger charge is 2.20. The third kappa shape index (κ3) is 3.30. The maximum Gasteiger partial charge on any atom is 0.134 e. The van der Waals surface area contributed by atoms with Crippen LogP contribution in [-0.2, 0) is 11.3 Å². The van der Waals surface area contributed by atoms with E-state index in [1.165, 1.54) is 18.9 Å². The third-order valence-corrected chi connectivity index (χ3v) is 2.82. The van der Waals surface area contributed by atoms with Crippen LogP contribution in [0.25, 0.3) is 5.76 Å². The first-order valence-corrected chi connectivity index (χ1v) is 6.04. The van der Waals surface area contributed by atoms with E-state index in [0.717, 1.165) is 12.1 Å². The van der Waals surface area contributed by atoms with Crippen LogP contribution in [0.1, 0.15) is 30.9 Å². The average Bonchev–Trinajstić information content (AvgIpc) is 3.12. The fourth-order valence-corrected chi connectivity index (χ4v) is 1.70. The lowest BCUT2D eigenvalue weighted by Gasteiger charge is -2.10. The van der Waals surface area contributed by atoms with Crippen molar-refractivity contribution in [3.63, 3.8) is 0 Å². The Morgan fingerprint density at radius 3 is 2.94 bits per heavy atom. The van der Waals surface area contributed by atoms with Gasteiger partial charge in [0.2, 0.25) is 0 Å². The summed E-state index contributed by atoms with van der Waals surface area (Å²) in [7, 11) is 0. The Balaban J connectivity index is 2.07. The summed E-state index contributed by atoms with van der Waals surface area (Å²) in [5.41, 5.74) is 1.52. The molecule has 2 rings (SSSR count). The maximum atomic E-state index is 13.6. The van der Waals surface area contributed by atoms with Gasteiger partial charge in [-0.05, 0) is 37.5 Å². The second-order valence-electron chi connectivity index (χ2n) is 4.33. The third-order valence-electron chi connectivity index (χ3n) is 2.82. The molecule has 0 atom stereocenters. The van der Waals surface area contributed by atoms with Crippen molar-refractivity contribution in [2.75, 3.05) is 6.61 Å². The van der Waals surface area contributed by atoms with E-state index in [-0.39, 0.29) is 5.82 Å². The lowest BCUT2D eigenvalue weighted by molar-refractivity contribution is 0.297. The molecule has 17 heavy (non-hydrogen) atoms. The van der Waals surface area contributed by atoms with E-state index in [2.05, 4.69) is 11.9 Å². The van der Waals surface area contributed by atoms with E-state index in [4.69, 9.17) is 4.74 Å². The van der Waals surface area contributed by atoms with Crippen molar-refractivity contribution in [1.82, 2.24) is 5.32 Å². The molecule has 0 aromatic heterocycles. The SMILES string of the molecule is C=C(OCC)c1cc(CNC2CC2)ccc1F. The molecular weight excluding hydrogens is 217 g/mol. The van der Waals surface area contributed by atoms with Gasteiger partial charge in [0.05, 0.1) is 12.2 Å². The highest BCUT2D eigenvalue weighted by atomic mass is 19.1. The van der Waals surface area contributed by atoms with Gasteiger partial charge >= 0.3 is 0 Å². The Labute approximate surface area is 101 Å². The fourth-order valence-electron chi connectivity index (χ4n) is 1.70. The smallest absolute Gasteiger partial charge is 0.134 e. The second-order valence-corrected chi connectivity index (χ2v) is 4.33.